The molecular formula is C15H19N5O3. The van der Waals surface area contributed by atoms with Gasteiger partial charge >= 0.3 is 5.97 Å². The van der Waals surface area contributed by atoms with E-state index in [0.29, 0.717) is 13.0 Å². The number of nitrogens with zero attached hydrogens (tertiary/aromatic N) is 4. The molecule has 0 spiro atoms. The van der Waals surface area contributed by atoms with Gasteiger partial charge in [-0.05, 0) is 32.4 Å². The maximum atomic E-state index is 12.2. The Kier molecular flexibility index (Phi) is 5.05. The molecule has 0 saturated carbocycles. The summed E-state index contributed by atoms with van der Waals surface area (Å²) in [5.41, 5.74) is 0.357. The second kappa shape index (κ2) is 6.99. The van der Waals surface area contributed by atoms with Gasteiger partial charge in [0, 0.05) is 18.2 Å². The second-order valence-electron chi connectivity index (χ2n) is 5.85. The molecule has 0 unspecified atom stereocenters. The first kappa shape index (κ1) is 16.6. The lowest BCUT2D eigenvalue weighted by Crippen LogP contribution is -2.43. The Morgan fingerprint density at radius 1 is 1.35 bits per heavy atom. The van der Waals surface area contributed by atoms with Crippen molar-refractivity contribution in [2.75, 3.05) is 0 Å². The van der Waals surface area contributed by atoms with Crippen LogP contribution < -0.4 is 5.32 Å². The van der Waals surface area contributed by atoms with E-state index >= 15 is 0 Å². The summed E-state index contributed by atoms with van der Waals surface area (Å²) in [7, 11) is 0. The van der Waals surface area contributed by atoms with Crippen molar-refractivity contribution >= 4 is 11.9 Å². The summed E-state index contributed by atoms with van der Waals surface area (Å²) in [5, 5.41) is 19.3. The lowest BCUT2D eigenvalue weighted by Gasteiger charge is -2.24. The van der Waals surface area contributed by atoms with Gasteiger partial charge in [-0.3, -0.25) is 14.6 Å². The fourth-order valence-corrected chi connectivity index (χ4v) is 1.99. The summed E-state index contributed by atoms with van der Waals surface area (Å²) < 4.78 is 1.53. The standard InChI is InChI=1S/C15H19N5O3/c1-15(2,7-6-13(21)22)17-14(23)12-10-20(19-18-12)9-11-5-3-4-8-16-11/h3-5,8,10H,6-7,9H2,1-2H3,(H,17,23)(H,21,22). The molecule has 0 aliphatic rings. The van der Waals surface area contributed by atoms with E-state index in [2.05, 4.69) is 20.6 Å². The maximum Gasteiger partial charge on any atom is 0.303 e. The highest BCUT2D eigenvalue weighted by Crippen LogP contribution is 2.12. The number of hydrogen-bond acceptors (Lipinski definition) is 5. The highest BCUT2D eigenvalue weighted by atomic mass is 16.4. The molecule has 8 nitrogen and oxygen atoms in total. The molecule has 2 heterocycles. The van der Waals surface area contributed by atoms with Crippen LogP contribution in [0.25, 0.3) is 0 Å². The summed E-state index contributed by atoms with van der Waals surface area (Å²) in [6.07, 6.45) is 3.54. The molecule has 23 heavy (non-hydrogen) atoms. The van der Waals surface area contributed by atoms with Gasteiger partial charge in [0.15, 0.2) is 5.69 Å². The number of hydrogen-bond donors (Lipinski definition) is 2. The zero-order valence-corrected chi connectivity index (χ0v) is 13.1. The van der Waals surface area contributed by atoms with Crippen molar-refractivity contribution in [3.63, 3.8) is 0 Å². The van der Waals surface area contributed by atoms with E-state index in [4.69, 9.17) is 5.11 Å². The third-order valence-electron chi connectivity index (χ3n) is 3.24. The van der Waals surface area contributed by atoms with Crippen LogP contribution in [0.2, 0.25) is 0 Å². The Labute approximate surface area is 133 Å². The minimum absolute atomic E-state index is 0.0142. The third kappa shape index (κ3) is 5.17. The Morgan fingerprint density at radius 2 is 2.13 bits per heavy atom. The molecular weight excluding hydrogens is 298 g/mol. The molecule has 0 aliphatic heterocycles. The first-order valence-corrected chi connectivity index (χ1v) is 7.20. The van der Waals surface area contributed by atoms with Crippen molar-refractivity contribution in [1.82, 2.24) is 25.3 Å². The quantitative estimate of drug-likeness (QED) is 0.791. The molecule has 0 bridgehead atoms. The molecule has 0 saturated heterocycles. The van der Waals surface area contributed by atoms with Crippen LogP contribution in [0, 0.1) is 0 Å². The first-order chi connectivity index (χ1) is 10.9. The fraction of sp³-hybridized carbons (Fsp3) is 0.400. The Hall–Kier alpha value is -2.77. The van der Waals surface area contributed by atoms with E-state index in [1.165, 1.54) is 10.9 Å². The van der Waals surface area contributed by atoms with E-state index < -0.39 is 11.5 Å². The molecule has 0 fully saturated rings. The number of carbonyl (C=O) groups is 2. The number of nitrogens with one attached hydrogen (secondary N) is 1. The van der Waals surface area contributed by atoms with Crippen LogP contribution >= 0.6 is 0 Å². The van der Waals surface area contributed by atoms with Crippen LogP contribution in [0.3, 0.4) is 0 Å². The highest BCUT2D eigenvalue weighted by Gasteiger charge is 2.23. The topological polar surface area (TPSA) is 110 Å². The first-order valence-electron chi connectivity index (χ1n) is 7.20. The molecule has 2 rings (SSSR count). The summed E-state index contributed by atoms with van der Waals surface area (Å²) in [5.74, 6) is -1.28. The van der Waals surface area contributed by atoms with E-state index in [9.17, 15) is 9.59 Å². The summed E-state index contributed by atoms with van der Waals surface area (Å²) in [6.45, 7) is 3.96. The number of carbonyl (C=O) groups excluding carboxylic acids is 1. The fourth-order valence-electron chi connectivity index (χ4n) is 1.99. The van der Waals surface area contributed by atoms with Gasteiger partial charge in [-0.2, -0.15) is 0 Å². The smallest absolute Gasteiger partial charge is 0.303 e. The normalized spacial score (nSPS) is 11.2. The van der Waals surface area contributed by atoms with Crippen LogP contribution in [0.1, 0.15) is 42.9 Å². The SMILES string of the molecule is CC(C)(CCC(=O)O)NC(=O)c1cn(Cc2ccccn2)nn1. The Balaban J connectivity index is 1.96. The van der Waals surface area contributed by atoms with Crippen molar-refractivity contribution in [1.29, 1.82) is 0 Å². The number of amides is 1. The third-order valence-corrected chi connectivity index (χ3v) is 3.24. The number of pyridine rings is 1. The molecule has 2 N–H and O–H groups in total. The van der Waals surface area contributed by atoms with Gasteiger partial charge in [0.2, 0.25) is 0 Å². The molecule has 0 aliphatic carbocycles. The number of carboxylic acid groups (broad SMARTS) is 1. The summed E-state index contributed by atoms with van der Waals surface area (Å²) >= 11 is 0. The van der Waals surface area contributed by atoms with E-state index in [1.807, 2.05) is 18.2 Å². The largest absolute Gasteiger partial charge is 0.481 e. The van der Waals surface area contributed by atoms with E-state index in [-0.39, 0.29) is 18.0 Å². The predicted molar refractivity (Wildman–Crippen MR) is 81.8 cm³/mol. The minimum Gasteiger partial charge on any atom is -0.481 e. The molecule has 1 amide bonds. The lowest BCUT2D eigenvalue weighted by atomic mass is 9.98. The van der Waals surface area contributed by atoms with Crippen LogP contribution in [0.15, 0.2) is 30.6 Å². The number of aliphatic carboxylic acids is 1. The van der Waals surface area contributed by atoms with Gasteiger partial charge < -0.3 is 10.4 Å². The minimum atomic E-state index is -0.895. The summed E-state index contributed by atoms with van der Waals surface area (Å²) in [6, 6.07) is 5.55. The highest BCUT2D eigenvalue weighted by molar-refractivity contribution is 5.92. The van der Waals surface area contributed by atoms with Crippen molar-refractivity contribution < 1.29 is 14.7 Å². The Morgan fingerprint density at radius 3 is 2.78 bits per heavy atom. The van der Waals surface area contributed by atoms with Crippen molar-refractivity contribution in [2.24, 2.45) is 0 Å². The average molecular weight is 317 g/mol. The Bertz CT molecular complexity index is 681. The van der Waals surface area contributed by atoms with Crippen LogP contribution in [-0.4, -0.2) is 42.5 Å². The number of rotatable bonds is 7. The van der Waals surface area contributed by atoms with Crippen molar-refractivity contribution in [3.05, 3.63) is 42.0 Å². The van der Waals surface area contributed by atoms with E-state index in [0.717, 1.165) is 5.69 Å². The van der Waals surface area contributed by atoms with Gasteiger partial charge in [-0.1, -0.05) is 11.3 Å². The van der Waals surface area contributed by atoms with Gasteiger partial charge in [0.1, 0.15) is 0 Å². The van der Waals surface area contributed by atoms with Gasteiger partial charge in [-0.25, -0.2) is 4.68 Å². The zero-order valence-electron chi connectivity index (χ0n) is 13.1. The molecule has 8 heteroatoms. The predicted octanol–water partition coefficient (Wildman–Crippen LogP) is 1.09. The monoisotopic (exact) mass is 317 g/mol. The molecule has 2 aromatic rings. The van der Waals surface area contributed by atoms with Crippen LogP contribution in [0.4, 0.5) is 0 Å². The van der Waals surface area contributed by atoms with E-state index in [1.54, 1.807) is 20.0 Å². The summed E-state index contributed by atoms with van der Waals surface area (Å²) in [4.78, 5) is 27.0. The molecule has 0 aromatic carbocycles. The van der Waals surface area contributed by atoms with Gasteiger partial charge in [-0.15, -0.1) is 5.10 Å². The number of carboxylic acids is 1. The maximum absolute atomic E-state index is 12.2. The molecule has 2 aromatic heterocycles. The number of aromatic nitrogens is 4. The van der Waals surface area contributed by atoms with Crippen molar-refractivity contribution in [3.8, 4) is 0 Å². The second-order valence-corrected chi connectivity index (χ2v) is 5.85. The average Bonchev–Trinajstić information content (AvgIpc) is 2.95. The zero-order chi connectivity index (χ0) is 16.9. The molecule has 122 valence electrons. The molecule has 0 atom stereocenters. The van der Waals surface area contributed by atoms with Crippen LogP contribution in [-0.2, 0) is 11.3 Å². The van der Waals surface area contributed by atoms with Gasteiger partial charge in [0.25, 0.3) is 5.91 Å². The van der Waals surface area contributed by atoms with Gasteiger partial charge in [0.05, 0.1) is 18.4 Å². The lowest BCUT2D eigenvalue weighted by molar-refractivity contribution is -0.137. The molecule has 0 radical (unpaired) electrons. The van der Waals surface area contributed by atoms with Crippen LogP contribution in [0.5, 0.6) is 0 Å². The van der Waals surface area contributed by atoms with Crippen molar-refractivity contribution in [2.45, 2.75) is 38.8 Å².